The van der Waals surface area contributed by atoms with Gasteiger partial charge in [-0.15, -0.1) is 11.3 Å². The van der Waals surface area contributed by atoms with Gasteiger partial charge in [0.15, 0.2) is 5.13 Å². The number of nitrogens with zero attached hydrogens (tertiary/aromatic N) is 2. The van der Waals surface area contributed by atoms with E-state index in [-0.39, 0.29) is 11.6 Å². The molecule has 3 rings (SSSR count). The Labute approximate surface area is 158 Å². The molecule has 1 aromatic heterocycles. The van der Waals surface area contributed by atoms with Gasteiger partial charge in [0.2, 0.25) is 0 Å². The van der Waals surface area contributed by atoms with Gasteiger partial charge in [-0.1, -0.05) is 12.1 Å². The van der Waals surface area contributed by atoms with E-state index in [4.69, 9.17) is 9.47 Å². The zero-order valence-electron chi connectivity index (χ0n) is 14.5. The van der Waals surface area contributed by atoms with Gasteiger partial charge >= 0.3 is 0 Å². The maximum absolute atomic E-state index is 12.5. The normalized spacial score (nSPS) is 10.3. The molecule has 0 bridgehead atoms. The first-order chi connectivity index (χ1) is 13.0. The molecule has 0 aliphatic heterocycles. The number of ether oxygens (including phenoxy) is 2. The van der Waals surface area contributed by atoms with Gasteiger partial charge in [0.25, 0.3) is 11.6 Å². The molecule has 1 amide bonds. The first-order valence-electron chi connectivity index (χ1n) is 7.75. The molecule has 0 aliphatic carbocycles. The van der Waals surface area contributed by atoms with Crippen LogP contribution in [0.1, 0.15) is 10.4 Å². The summed E-state index contributed by atoms with van der Waals surface area (Å²) in [7, 11) is 3.01. The minimum atomic E-state index is -0.464. The van der Waals surface area contributed by atoms with Crippen LogP contribution in [0.25, 0.3) is 11.3 Å². The Kier molecular flexibility index (Phi) is 5.32. The Morgan fingerprint density at radius 2 is 1.85 bits per heavy atom. The van der Waals surface area contributed by atoms with Crippen molar-refractivity contribution in [3.63, 3.8) is 0 Å². The number of hydrogen-bond acceptors (Lipinski definition) is 7. The minimum Gasteiger partial charge on any atom is -0.497 e. The van der Waals surface area contributed by atoms with Gasteiger partial charge < -0.3 is 9.47 Å². The molecule has 3 aromatic rings. The topological polar surface area (TPSA) is 104 Å². The summed E-state index contributed by atoms with van der Waals surface area (Å²) in [5.41, 5.74) is 1.49. The average molecular weight is 385 g/mol. The second kappa shape index (κ2) is 7.83. The highest BCUT2D eigenvalue weighted by Gasteiger charge is 2.14. The van der Waals surface area contributed by atoms with E-state index in [1.807, 2.05) is 0 Å². The third kappa shape index (κ3) is 4.21. The number of carbonyl (C=O) groups excluding carboxylic acids is 1. The summed E-state index contributed by atoms with van der Waals surface area (Å²) in [5.74, 6) is 0.624. The maximum atomic E-state index is 12.5. The molecule has 27 heavy (non-hydrogen) atoms. The Hall–Kier alpha value is -3.46. The smallest absolute Gasteiger partial charge is 0.270 e. The lowest BCUT2D eigenvalue weighted by atomic mass is 10.1. The van der Waals surface area contributed by atoms with Crippen LogP contribution in [-0.2, 0) is 0 Å². The van der Waals surface area contributed by atoms with Gasteiger partial charge in [0.05, 0.1) is 24.8 Å². The highest BCUT2D eigenvalue weighted by molar-refractivity contribution is 7.14. The van der Waals surface area contributed by atoms with Crippen LogP contribution in [0, 0.1) is 10.1 Å². The quantitative estimate of drug-likeness (QED) is 0.508. The molecule has 138 valence electrons. The second-order valence-corrected chi connectivity index (χ2v) is 6.26. The molecule has 0 fully saturated rings. The molecular weight excluding hydrogens is 370 g/mol. The van der Waals surface area contributed by atoms with Crippen molar-refractivity contribution in [3.05, 3.63) is 63.5 Å². The van der Waals surface area contributed by atoms with Crippen LogP contribution in [0.5, 0.6) is 11.5 Å². The van der Waals surface area contributed by atoms with Crippen molar-refractivity contribution in [1.82, 2.24) is 4.98 Å². The molecule has 0 atom stereocenters. The van der Waals surface area contributed by atoms with E-state index >= 15 is 0 Å². The number of nitro benzene ring substituents is 1. The SMILES string of the molecule is COc1cc(OC)cc(C(=O)Nc2nc(-c3cccc([N+](=O)[O-])c3)cs2)c1. The molecule has 0 spiro atoms. The van der Waals surface area contributed by atoms with Crippen LogP contribution in [0.3, 0.4) is 0 Å². The highest BCUT2D eigenvalue weighted by atomic mass is 32.1. The number of nitrogens with one attached hydrogen (secondary N) is 1. The number of non-ortho nitro benzene ring substituents is 1. The number of benzene rings is 2. The van der Waals surface area contributed by atoms with Crippen LogP contribution in [0.15, 0.2) is 47.8 Å². The predicted molar refractivity (Wildman–Crippen MR) is 102 cm³/mol. The van der Waals surface area contributed by atoms with E-state index < -0.39 is 4.92 Å². The van der Waals surface area contributed by atoms with Gasteiger partial charge in [-0.25, -0.2) is 4.98 Å². The number of aromatic nitrogens is 1. The molecule has 0 radical (unpaired) electrons. The predicted octanol–water partition coefficient (Wildman–Crippen LogP) is 3.99. The van der Waals surface area contributed by atoms with Crippen LogP contribution in [0.2, 0.25) is 0 Å². The molecular formula is C18H15N3O5S. The van der Waals surface area contributed by atoms with E-state index in [9.17, 15) is 14.9 Å². The van der Waals surface area contributed by atoms with Crippen LogP contribution in [-0.4, -0.2) is 30.0 Å². The van der Waals surface area contributed by atoms with Gasteiger partial charge in [-0.2, -0.15) is 0 Å². The number of hydrogen-bond donors (Lipinski definition) is 1. The van der Waals surface area contributed by atoms with E-state index in [2.05, 4.69) is 10.3 Å². The summed E-state index contributed by atoms with van der Waals surface area (Å²) in [5, 5.41) is 15.7. The summed E-state index contributed by atoms with van der Waals surface area (Å²) in [6.07, 6.45) is 0. The summed E-state index contributed by atoms with van der Waals surface area (Å²) in [6.45, 7) is 0. The Morgan fingerprint density at radius 1 is 1.15 bits per heavy atom. The first-order valence-corrected chi connectivity index (χ1v) is 8.63. The van der Waals surface area contributed by atoms with Gasteiger partial charge in [0, 0.05) is 34.7 Å². The van der Waals surface area contributed by atoms with E-state index in [1.165, 1.54) is 37.7 Å². The third-order valence-electron chi connectivity index (χ3n) is 3.69. The fraction of sp³-hybridized carbons (Fsp3) is 0.111. The molecule has 8 nitrogen and oxygen atoms in total. The molecule has 0 aliphatic rings. The average Bonchev–Trinajstić information content (AvgIpc) is 3.16. The number of nitro groups is 1. The van der Waals surface area contributed by atoms with Crippen LogP contribution >= 0.6 is 11.3 Å². The Balaban J connectivity index is 1.81. The van der Waals surface area contributed by atoms with Crippen LogP contribution in [0.4, 0.5) is 10.8 Å². The zero-order valence-corrected chi connectivity index (χ0v) is 15.3. The van der Waals surface area contributed by atoms with E-state index in [0.29, 0.717) is 33.5 Å². The number of anilines is 1. The third-order valence-corrected chi connectivity index (χ3v) is 4.45. The molecule has 9 heteroatoms. The standard InChI is InChI=1S/C18H15N3O5S/c1-25-14-7-12(8-15(9-14)26-2)17(22)20-18-19-16(10-27-18)11-4-3-5-13(6-11)21(23)24/h3-10H,1-2H3,(H,19,20,22). The van der Waals surface area contributed by atoms with Gasteiger partial charge in [-0.05, 0) is 12.1 Å². The number of thiazole rings is 1. The van der Waals surface area contributed by atoms with Crippen LogP contribution < -0.4 is 14.8 Å². The molecule has 2 aromatic carbocycles. The number of methoxy groups -OCH3 is 2. The zero-order chi connectivity index (χ0) is 19.4. The summed E-state index contributed by atoms with van der Waals surface area (Å²) in [4.78, 5) is 27.3. The van der Waals surface area contributed by atoms with Crippen molar-refractivity contribution in [1.29, 1.82) is 0 Å². The summed E-state index contributed by atoms with van der Waals surface area (Å²) < 4.78 is 10.3. The van der Waals surface area contributed by atoms with E-state index in [1.54, 1.807) is 35.7 Å². The number of rotatable bonds is 6. The molecule has 0 unspecified atom stereocenters. The van der Waals surface area contributed by atoms with Crippen molar-refractivity contribution in [2.45, 2.75) is 0 Å². The lowest BCUT2D eigenvalue weighted by Gasteiger charge is -2.08. The minimum absolute atomic E-state index is 0.0189. The second-order valence-electron chi connectivity index (χ2n) is 5.40. The van der Waals surface area contributed by atoms with E-state index in [0.717, 1.165) is 0 Å². The van der Waals surface area contributed by atoms with Crippen molar-refractivity contribution < 1.29 is 19.2 Å². The fourth-order valence-corrected chi connectivity index (χ4v) is 3.07. The van der Waals surface area contributed by atoms with Crippen molar-refractivity contribution in [2.75, 3.05) is 19.5 Å². The molecule has 0 saturated heterocycles. The van der Waals surface area contributed by atoms with Crippen molar-refractivity contribution in [2.24, 2.45) is 0 Å². The molecule has 1 N–H and O–H groups in total. The number of carbonyl (C=O) groups is 1. The number of amides is 1. The van der Waals surface area contributed by atoms with Gasteiger partial charge in [-0.3, -0.25) is 20.2 Å². The summed E-state index contributed by atoms with van der Waals surface area (Å²) in [6, 6.07) is 11.0. The lowest BCUT2D eigenvalue weighted by Crippen LogP contribution is -2.12. The summed E-state index contributed by atoms with van der Waals surface area (Å²) >= 11 is 1.23. The largest absolute Gasteiger partial charge is 0.497 e. The lowest BCUT2D eigenvalue weighted by molar-refractivity contribution is -0.384. The van der Waals surface area contributed by atoms with Crippen molar-refractivity contribution >= 4 is 28.1 Å². The molecule has 0 saturated carbocycles. The van der Waals surface area contributed by atoms with Gasteiger partial charge in [0.1, 0.15) is 11.5 Å². The monoisotopic (exact) mass is 385 g/mol. The van der Waals surface area contributed by atoms with Crippen molar-refractivity contribution in [3.8, 4) is 22.8 Å². The Bertz CT molecular complexity index is 980. The highest BCUT2D eigenvalue weighted by Crippen LogP contribution is 2.28. The fourth-order valence-electron chi connectivity index (χ4n) is 2.35. The first kappa shape index (κ1) is 18.3. The molecule has 1 heterocycles. The maximum Gasteiger partial charge on any atom is 0.270 e. The Morgan fingerprint density at radius 3 is 2.48 bits per heavy atom.